The molecule has 4 nitrogen and oxygen atoms in total. The summed E-state index contributed by atoms with van der Waals surface area (Å²) in [4.78, 5) is 12.1. The average Bonchev–Trinajstić information content (AvgIpc) is 2.78. The second kappa shape index (κ2) is 5.36. The van der Waals surface area contributed by atoms with Gasteiger partial charge in [-0.3, -0.25) is 4.79 Å². The van der Waals surface area contributed by atoms with Gasteiger partial charge in [-0.1, -0.05) is 12.8 Å². The largest absolute Gasteiger partial charge is 0.381 e. The Hall–Kier alpha value is -0.610. The van der Waals surface area contributed by atoms with Gasteiger partial charge < -0.3 is 15.8 Å². The Morgan fingerprint density at radius 1 is 1.47 bits per heavy atom. The highest BCUT2D eigenvalue weighted by Gasteiger charge is 2.37. The molecule has 2 rings (SSSR count). The standard InChI is InChI=1S/C13H24N2O2/c1-13(14)6-3-2-4-11(13)12(16)15-8-10-5-7-17-9-10/h10-11H,2-9,14H2,1H3,(H,15,16). The van der Waals surface area contributed by atoms with Crippen LogP contribution in [0.25, 0.3) is 0 Å². The zero-order valence-electron chi connectivity index (χ0n) is 10.7. The molecule has 3 unspecified atom stereocenters. The Bertz CT molecular complexity index is 273. The van der Waals surface area contributed by atoms with E-state index in [-0.39, 0.29) is 17.4 Å². The fourth-order valence-corrected chi connectivity index (χ4v) is 2.90. The summed E-state index contributed by atoms with van der Waals surface area (Å²) in [5.41, 5.74) is 5.90. The lowest BCUT2D eigenvalue weighted by Gasteiger charge is -2.37. The van der Waals surface area contributed by atoms with E-state index in [4.69, 9.17) is 10.5 Å². The summed E-state index contributed by atoms with van der Waals surface area (Å²) in [6.45, 7) is 4.36. The minimum atomic E-state index is -0.325. The van der Waals surface area contributed by atoms with Crippen LogP contribution in [-0.4, -0.2) is 31.2 Å². The fraction of sp³-hybridized carbons (Fsp3) is 0.923. The van der Waals surface area contributed by atoms with E-state index in [2.05, 4.69) is 5.32 Å². The minimum Gasteiger partial charge on any atom is -0.381 e. The maximum atomic E-state index is 12.1. The molecule has 1 aliphatic heterocycles. The van der Waals surface area contributed by atoms with Crippen LogP contribution in [0.15, 0.2) is 0 Å². The third-order valence-electron chi connectivity index (χ3n) is 4.16. The highest BCUT2D eigenvalue weighted by Crippen LogP contribution is 2.31. The normalized spacial score (nSPS) is 38.0. The van der Waals surface area contributed by atoms with Gasteiger partial charge in [-0.2, -0.15) is 0 Å². The Morgan fingerprint density at radius 3 is 2.94 bits per heavy atom. The highest BCUT2D eigenvalue weighted by molar-refractivity contribution is 5.80. The number of ether oxygens (including phenoxy) is 1. The molecule has 0 spiro atoms. The lowest BCUT2D eigenvalue weighted by atomic mass is 9.74. The third kappa shape index (κ3) is 3.19. The fourth-order valence-electron chi connectivity index (χ4n) is 2.90. The summed E-state index contributed by atoms with van der Waals surface area (Å²) in [6.07, 6.45) is 5.22. The van der Waals surface area contributed by atoms with Crippen LogP contribution in [0, 0.1) is 11.8 Å². The van der Waals surface area contributed by atoms with Gasteiger partial charge in [0.2, 0.25) is 5.91 Å². The lowest BCUT2D eigenvalue weighted by molar-refractivity contribution is -0.128. The maximum absolute atomic E-state index is 12.1. The second-order valence-electron chi connectivity index (χ2n) is 5.78. The molecular formula is C13H24N2O2. The van der Waals surface area contributed by atoms with Crippen LogP contribution in [0.3, 0.4) is 0 Å². The molecule has 3 atom stereocenters. The molecule has 3 N–H and O–H groups in total. The molecular weight excluding hydrogens is 216 g/mol. The summed E-state index contributed by atoms with van der Waals surface area (Å²) in [5, 5.41) is 3.05. The summed E-state index contributed by atoms with van der Waals surface area (Å²) in [7, 11) is 0. The van der Waals surface area contributed by atoms with E-state index in [1.807, 2.05) is 6.92 Å². The molecule has 4 heteroatoms. The first-order chi connectivity index (χ1) is 8.09. The lowest BCUT2D eigenvalue weighted by Crippen LogP contribution is -2.53. The van der Waals surface area contributed by atoms with E-state index in [0.717, 1.165) is 51.9 Å². The average molecular weight is 240 g/mol. The molecule has 1 saturated carbocycles. The quantitative estimate of drug-likeness (QED) is 0.775. The van der Waals surface area contributed by atoms with E-state index in [9.17, 15) is 4.79 Å². The van der Waals surface area contributed by atoms with Crippen molar-refractivity contribution < 1.29 is 9.53 Å². The predicted octanol–water partition coefficient (Wildman–Crippen LogP) is 1.05. The predicted molar refractivity (Wildman–Crippen MR) is 66.5 cm³/mol. The van der Waals surface area contributed by atoms with Crippen molar-refractivity contribution in [1.82, 2.24) is 5.32 Å². The number of carbonyl (C=O) groups excluding carboxylic acids is 1. The number of amides is 1. The van der Waals surface area contributed by atoms with Gasteiger partial charge in [-0.25, -0.2) is 0 Å². The van der Waals surface area contributed by atoms with Gasteiger partial charge in [0, 0.05) is 24.6 Å². The molecule has 98 valence electrons. The Kier molecular flexibility index (Phi) is 4.05. The van der Waals surface area contributed by atoms with Gasteiger partial charge in [0.25, 0.3) is 0 Å². The Balaban J connectivity index is 1.81. The van der Waals surface area contributed by atoms with Crippen LogP contribution < -0.4 is 11.1 Å². The second-order valence-corrected chi connectivity index (χ2v) is 5.78. The van der Waals surface area contributed by atoms with Crippen molar-refractivity contribution in [3.05, 3.63) is 0 Å². The molecule has 0 aromatic rings. The molecule has 17 heavy (non-hydrogen) atoms. The number of nitrogens with one attached hydrogen (secondary N) is 1. The van der Waals surface area contributed by atoms with Gasteiger partial charge in [0.05, 0.1) is 12.5 Å². The van der Waals surface area contributed by atoms with E-state index in [0.29, 0.717) is 5.92 Å². The Morgan fingerprint density at radius 2 is 2.29 bits per heavy atom. The van der Waals surface area contributed by atoms with Crippen molar-refractivity contribution in [2.24, 2.45) is 17.6 Å². The van der Waals surface area contributed by atoms with E-state index in [1.54, 1.807) is 0 Å². The monoisotopic (exact) mass is 240 g/mol. The van der Waals surface area contributed by atoms with Crippen molar-refractivity contribution in [1.29, 1.82) is 0 Å². The van der Waals surface area contributed by atoms with Crippen LogP contribution >= 0.6 is 0 Å². The molecule has 0 bridgehead atoms. The Labute approximate surface area is 103 Å². The summed E-state index contributed by atoms with van der Waals surface area (Å²) in [6, 6.07) is 0. The van der Waals surface area contributed by atoms with Crippen molar-refractivity contribution >= 4 is 5.91 Å². The molecule has 2 aliphatic rings. The maximum Gasteiger partial charge on any atom is 0.224 e. The molecule has 0 aromatic carbocycles. The van der Waals surface area contributed by atoms with Crippen LogP contribution in [0.1, 0.15) is 39.0 Å². The van der Waals surface area contributed by atoms with Crippen LogP contribution in [-0.2, 0) is 9.53 Å². The summed E-state index contributed by atoms with van der Waals surface area (Å²) >= 11 is 0. The van der Waals surface area contributed by atoms with E-state index in [1.165, 1.54) is 0 Å². The molecule has 0 radical (unpaired) electrons. The topological polar surface area (TPSA) is 64.4 Å². The van der Waals surface area contributed by atoms with Crippen LogP contribution in [0.4, 0.5) is 0 Å². The molecule has 2 fully saturated rings. The van der Waals surface area contributed by atoms with Gasteiger partial charge in [0.15, 0.2) is 0 Å². The van der Waals surface area contributed by atoms with Crippen molar-refractivity contribution in [3.63, 3.8) is 0 Å². The van der Waals surface area contributed by atoms with Gasteiger partial charge >= 0.3 is 0 Å². The summed E-state index contributed by atoms with van der Waals surface area (Å²) < 4.78 is 5.30. The number of hydrogen-bond donors (Lipinski definition) is 2. The molecule has 1 amide bonds. The van der Waals surface area contributed by atoms with Crippen molar-refractivity contribution in [3.8, 4) is 0 Å². The molecule has 1 saturated heterocycles. The van der Waals surface area contributed by atoms with Gasteiger partial charge in [0.1, 0.15) is 0 Å². The van der Waals surface area contributed by atoms with Gasteiger partial charge in [-0.15, -0.1) is 0 Å². The molecule has 0 aromatic heterocycles. The van der Waals surface area contributed by atoms with E-state index < -0.39 is 0 Å². The third-order valence-corrected chi connectivity index (χ3v) is 4.16. The zero-order valence-corrected chi connectivity index (χ0v) is 10.7. The molecule has 1 aliphatic carbocycles. The van der Waals surface area contributed by atoms with E-state index >= 15 is 0 Å². The summed E-state index contributed by atoms with van der Waals surface area (Å²) in [5.74, 6) is 0.617. The first-order valence-electron chi connectivity index (χ1n) is 6.74. The number of rotatable bonds is 3. The van der Waals surface area contributed by atoms with Crippen LogP contribution in [0.2, 0.25) is 0 Å². The molecule has 1 heterocycles. The SMILES string of the molecule is CC1(N)CCCCC1C(=O)NCC1CCOC1. The van der Waals surface area contributed by atoms with Crippen molar-refractivity contribution in [2.45, 2.75) is 44.6 Å². The van der Waals surface area contributed by atoms with Crippen molar-refractivity contribution in [2.75, 3.05) is 19.8 Å². The number of hydrogen-bond acceptors (Lipinski definition) is 3. The number of nitrogens with two attached hydrogens (primary N) is 1. The van der Waals surface area contributed by atoms with Gasteiger partial charge in [-0.05, 0) is 26.2 Å². The first kappa shape index (κ1) is 12.8. The highest BCUT2D eigenvalue weighted by atomic mass is 16.5. The first-order valence-corrected chi connectivity index (χ1v) is 6.74. The smallest absolute Gasteiger partial charge is 0.224 e. The van der Waals surface area contributed by atoms with Crippen LogP contribution in [0.5, 0.6) is 0 Å². The zero-order chi connectivity index (χ0) is 12.3. The minimum absolute atomic E-state index is 0.0152. The number of carbonyl (C=O) groups is 1.